The minimum atomic E-state index is -0.487. The Kier molecular flexibility index (Phi) is 6.71. The van der Waals surface area contributed by atoms with Gasteiger partial charge in [-0.25, -0.2) is 0 Å². The monoisotopic (exact) mass is 429 g/mol. The van der Waals surface area contributed by atoms with Crippen molar-refractivity contribution in [3.05, 3.63) is 29.6 Å². The summed E-state index contributed by atoms with van der Waals surface area (Å²) in [5.74, 6) is 0.247. The molecule has 1 amide bonds. The highest BCUT2D eigenvalue weighted by molar-refractivity contribution is 5.90. The van der Waals surface area contributed by atoms with Crippen molar-refractivity contribution in [2.24, 2.45) is 23.0 Å². The molecule has 6 nitrogen and oxygen atoms in total. The second-order valence-electron chi connectivity index (χ2n) is 10.1. The van der Waals surface area contributed by atoms with E-state index in [4.69, 9.17) is 15.2 Å². The summed E-state index contributed by atoms with van der Waals surface area (Å²) >= 11 is 0. The fourth-order valence-electron chi connectivity index (χ4n) is 6.77. The van der Waals surface area contributed by atoms with Crippen LogP contribution in [0.5, 0.6) is 0 Å². The number of carbonyl (C=O) groups is 1. The van der Waals surface area contributed by atoms with Gasteiger partial charge in [0, 0.05) is 45.0 Å². The van der Waals surface area contributed by atoms with E-state index in [0.717, 1.165) is 44.7 Å². The number of nitrogens with zero attached hydrogens (tertiary/aromatic N) is 2. The first-order valence-electron chi connectivity index (χ1n) is 12.1. The summed E-state index contributed by atoms with van der Waals surface area (Å²) in [4.78, 5) is 18.7. The van der Waals surface area contributed by atoms with Gasteiger partial charge in [0.15, 0.2) is 0 Å². The third-order valence-corrected chi connectivity index (χ3v) is 8.60. The molecule has 1 spiro atoms. The van der Waals surface area contributed by atoms with E-state index in [1.54, 1.807) is 6.20 Å². The largest absolute Gasteiger partial charge is 0.381 e. The third-order valence-electron chi connectivity index (χ3n) is 8.60. The second-order valence-corrected chi connectivity index (χ2v) is 10.1. The van der Waals surface area contributed by atoms with E-state index in [9.17, 15) is 4.79 Å². The fourth-order valence-corrected chi connectivity index (χ4v) is 6.77. The number of hydrogen-bond acceptors (Lipinski definition) is 5. The summed E-state index contributed by atoms with van der Waals surface area (Å²) in [5.41, 5.74) is 7.01. The van der Waals surface area contributed by atoms with Crippen LogP contribution in [0, 0.1) is 17.3 Å². The molecule has 3 aliphatic rings. The maximum Gasteiger partial charge on any atom is 0.267 e. The molecular formula is C25H39N3O3. The lowest BCUT2D eigenvalue weighted by Crippen LogP contribution is -2.57. The molecule has 3 fully saturated rings. The number of ether oxygens (including phenoxy) is 2. The number of rotatable bonds is 7. The van der Waals surface area contributed by atoms with E-state index >= 15 is 0 Å². The van der Waals surface area contributed by atoms with Gasteiger partial charge < -0.3 is 20.1 Å². The van der Waals surface area contributed by atoms with Gasteiger partial charge in [-0.1, -0.05) is 20.3 Å². The fraction of sp³-hybridized carbons (Fsp3) is 0.760. The van der Waals surface area contributed by atoms with Crippen molar-refractivity contribution in [3.63, 3.8) is 0 Å². The number of aromatic nitrogens is 1. The van der Waals surface area contributed by atoms with E-state index in [1.165, 1.54) is 32.1 Å². The van der Waals surface area contributed by atoms with Gasteiger partial charge >= 0.3 is 0 Å². The average Bonchev–Trinajstić information content (AvgIpc) is 2.77. The first kappa shape index (κ1) is 22.7. The Hall–Kier alpha value is -1.50. The van der Waals surface area contributed by atoms with Gasteiger partial charge in [0.25, 0.3) is 5.91 Å². The molecular weight excluding hydrogens is 390 g/mol. The van der Waals surface area contributed by atoms with Gasteiger partial charge in [0.1, 0.15) is 5.69 Å². The quantitative estimate of drug-likeness (QED) is 0.714. The van der Waals surface area contributed by atoms with E-state index in [1.807, 2.05) is 19.2 Å². The molecule has 3 unspecified atom stereocenters. The van der Waals surface area contributed by atoms with Crippen LogP contribution in [0.1, 0.15) is 74.8 Å². The van der Waals surface area contributed by atoms with Crippen molar-refractivity contribution < 1.29 is 14.3 Å². The van der Waals surface area contributed by atoms with Crippen LogP contribution in [0.2, 0.25) is 0 Å². The smallest absolute Gasteiger partial charge is 0.267 e. The van der Waals surface area contributed by atoms with Gasteiger partial charge in [0.2, 0.25) is 0 Å². The third kappa shape index (κ3) is 4.14. The summed E-state index contributed by atoms with van der Waals surface area (Å²) in [7, 11) is 1.83. The topological polar surface area (TPSA) is 77.7 Å². The predicted molar refractivity (Wildman–Crippen MR) is 121 cm³/mol. The second kappa shape index (κ2) is 9.16. The molecule has 4 rings (SSSR count). The van der Waals surface area contributed by atoms with Crippen molar-refractivity contribution in [3.8, 4) is 0 Å². The molecule has 1 aromatic heterocycles. The highest BCUT2D eigenvalue weighted by atomic mass is 16.5. The lowest BCUT2D eigenvalue weighted by molar-refractivity contribution is -0.143. The Morgan fingerprint density at radius 2 is 2.06 bits per heavy atom. The van der Waals surface area contributed by atoms with E-state index in [2.05, 4.69) is 23.7 Å². The Balaban J connectivity index is 1.56. The molecule has 0 aromatic carbocycles. The van der Waals surface area contributed by atoms with Crippen LogP contribution in [-0.4, -0.2) is 55.2 Å². The predicted octanol–water partition coefficient (Wildman–Crippen LogP) is 3.74. The summed E-state index contributed by atoms with van der Waals surface area (Å²) in [6.45, 7) is 8.51. The summed E-state index contributed by atoms with van der Waals surface area (Å²) in [6, 6.07) is 4.53. The van der Waals surface area contributed by atoms with E-state index in [-0.39, 0.29) is 0 Å². The number of pyridine rings is 1. The zero-order valence-corrected chi connectivity index (χ0v) is 19.4. The van der Waals surface area contributed by atoms with Crippen LogP contribution in [0.15, 0.2) is 18.3 Å². The molecule has 2 aliphatic carbocycles. The molecule has 0 radical (unpaired) electrons. The molecule has 3 atom stereocenters. The van der Waals surface area contributed by atoms with Crippen molar-refractivity contribution in [2.45, 2.75) is 70.4 Å². The standard InChI is InChI=1S/C25H39N3O3/c1-4-28(21-15-24(16-21)9-12-31-13-10-24)17-20-7-5-6-18(2)25(20,30-3)19-8-11-27-22(14-19)23(26)29/h8,11,14,18,20-21H,4-7,9-10,12-13,15-17H2,1-3H3,(H2,26,29). The van der Waals surface area contributed by atoms with E-state index in [0.29, 0.717) is 29.0 Å². The number of amides is 1. The molecule has 2 saturated carbocycles. The Labute approximate surface area is 186 Å². The number of primary amides is 1. The van der Waals surface area contributed by atoms with Gasteiger partial charge in [-0.15, -0.1) is 0 Å². The molecule has 1 saturated heterocycles. The van der Waals surface area contributed by atoms with Gasteiger partial charge in [-0.3, -0.25) is 9.78 Å². The maximum absolute atomic E-state index is 11.8. The van der Waals surface area contributed by atoms with Gasteiger partial charge in [-0.05, 0) is 74.1 Å². The first-order chi connectivity index (χ1) is 14.9. The van der Waals surface area contributed by atoms with Crippen LogP contribution in [-0.2, 0) is 15.1 Å². The number of nitrogens with two attached hydrogens (primary N) is 1. The highest BCUT2D eigenvalue weighted by Crippen LogP contribution is 2.52. The molecule has 2 heterocycles. The lowest BCUT2D eigenvalue weighted by atomic mass is 9.60. The zero-order chi connectivity index (χ0) is 22.1. The lowest BCUT2D eigenvalue weighted by Gasteiger charge is -2.56. The molecule has 31 heavy (non-hydrogen) atoms. The Morgan fingerprint density at radius 1 is 1.32 bits per heavy atom. The van der Waals surface area contributed by atoms with Crippen LogP contribution in [0.3, 0.4) is 0 Å². The highest BCUT2D eigenvalue weighted by Gasteiger charge is 2.51. The van der Waals surface area contributed by atoms with Crippen LogP contribution >= 0.6 is 0 Å². The van der Waals surface area contributed by atoms with Crippen LogP contribution < -0.4 is 5.73 Å². The minimum absolute atomic E-state index is 0.318. The van der Waals surface area contributed by atoms with Gasteiger partial charge in [-0.2, -0.15) is 0 Å². The van der Waals surface area contributed by atoms with Crippen molar-refractivity contribution in [2.75, 3.05) is 33.4 Å². The molecule has 172 valence electrons. The molecule has 0 bridgehead atoms. The average molecular weight is 430 g/mol. The number of methoxy groups -OCH3 is 1. The van der Waals surface area contributed by atoms with E-state index < -0.39 is 11.5 Å². The van der Waals surface area contributed by atoms with Crippen molar-refractivity contribution in [1.29, 1.82) is 0 Å². The number of hydrogen-bond donors (Lipinski definition) is 1. The Bertz CT molecular complexity index is 771. The molecule has 1 aromatic rings. The minimum Gasteiger partial charge on any atom is -0.381 e. The Morgan fingerprint density at radius 3 is 2.71 bits per heavy atom. The van der Waals surface area contributed by atoms with Crippen LogP contribution in [0.25, 0.3) is 0 Å². The summed E-state index contributed by atoms with van der Waals surface area (Å²) in [5, 5.41) is 0. The maximum atomic E-state index is 11.8. The zero-order valence-electron chi connectivity index (χ0n) is 19.4. The number of carbonyl (C=O) groups excluding carboxylic acids is 1. The van der Waals surface area contributed by atoms with Crippen molar-refractivity contribution >= 4 is 5.91 Å². The normalized spacial score (nSPS) is 31.0. The molecule has 6 heteroatoms. The molecule has 1 aliphatic heterocycles. The molecule has 2 N–H and O–H groups in total. The summed E-state index contributed by atoms with van der Waals surface area (Å²) in [6.07, 6.45) is 10.2. The SMILES string of the molecule is CCN(CC1CCCC(C)C1(OC)c1ccnc(C(N)=O)c1)C1CC2(CCOCC2)C1. The van der Waals surface area contributed by atoms with Gasteiger partial charge in [0.05, 0.1) is 5.60 Å². The first-order valence-corrected chi connectivity index (χ1v) is 12.1. The van der Waals surface area contributed by atoms with Crippen LogP contribution in [0.4, 0.5) is 0 Å². The van der Waals surface area contributed by atoms with Crippen molar-refractivity contribution in [1.82, 2.24) is 9.88 Å². The summed E-state index contributed by atoms with van der Waals surface area (Å²) < 4.78 is 12.0.